The number of rotatable bonds is 45. The van der Waals surface area contributed by atoms with Gasteiger partial charge in [-0.1, -0.05) is 26.8 Å². The molecule has 0 radical (unpaired) electrons. The van der Waals surface area contributed by atoms with Crippen LogP contribution in [0.25, 0.3) is 22.3 Å². The molecule has 7 rings (SSSR count). The van der Waals surface area contributed by atoms with Gasteiger partial charge in [0.1, 0.15) is 24.2 Å². The van der Waals surface area contributed by atoms with Gasteiger partial charge in [-0.15, -0.1) is 0 Å². The molecule has 0 bridgehead atoms. The smallest absolute Gasteiger partial charge is 0.343 e. The van der Waals surface area contributed by atoms with Crippen molar-refractivity contribution in [3.8, 4) is 11.4 Å². The standard InChI is InChI=1S/C65H87N5O21/c1-5-65(82)51-38-54-60-49(39-70(54)62(78)50(51)40-91-64(65)81)47-10-6-9-46-43(11-13-52(68-60)59(46)47)36-55(73)42(4)66-61(77)48(41(2)3)37-45(72)12-14-53(63(79)80)67-56(74)18-21-84-23-25-86-27-29-88-31-33-90-35-34-89-32-30-87-28-26-85-24-22-83-20-7-8-44(71)17-19-69-57(75)15-16-58(69)76/h11,13,15-16,38,41-42,48,53,82H,5-10,12,14,17-37,39-40H2,1-4H3,(H,66,77)(H,67,74)(H,79,80)/t42-,48?,53-,65-/m0/s1. The van der Waals surface area contributed by atoms with E-state index in [0.717, 1.165) is 45.4 Å². The average Bonchev–Trinajstić information content (AvgIpc) is 1.64. The van der Waals surface area contributed by atoms with Crippen molar-refractivity contribution in [2.45, 2.75) is 136 Å². The number of nitrogens with zero attached hydrogens (tertiary/aromatic N) is 3. The monoisotopic (exact) mass is 1270 g/mol. The number of fused-ring (bicyclic) bond motifs is 5. The Balaban J connectivity index is 0.681. The molecule has 1 aliphatic carbocycles. The highest BCUT2D eigenvalue weighted by Gasteiger charge is 2.46. The van der Waals surface area contributed by atoms with E-state index in [1.165, 1.54) is 12.2 Å². The summed E-state index contributed by atoms with van der Waals surface area (Å²) in [5, 5.41) is 27.4. The number of hydrogen-bond acceptors (Lipinski definition) is 21. The lowest BCUT2D eigenvalue weighted by Gasteiger charge is -2.31. The Morgan fingerprint density at radius 2 is 1.25 bits per heavy atom. The van der Waals surface area contributed by atoms with Crippen molar-refractivity contribution in [1.29, 1.82) is 0 Å². The Hall–Kier alpha value is -7.01. The minimum absolute atomic E-state index is 0.0109. The molecule has 0 spiro atoms. The molecule has 26 heteroatoms. The zero-order chi connectivity index (χ0) is 65.5. The van der Waals surface area contributed by atoms with Gasteiger partial charge in [-0.25, -0.2) is 14.6 Å². The summed E-state index contributed by atoms with van der Waals surface area (Å²) < 4.78 is 50.7. The number of esters is 1. The van der Waals surface area contributed by atoms with E-state index in [1.54, 1.807) is 38.3 Å². The number of aromatic nitrogens is 2. The van der Waals surface area contributed by atoms with Crippen molar-refractivity contribution in [2.75, 3.05) is 112 Å². The lowest BCUT2D eigenvalue weighted by Crippen LogP contribution is -2.44. The van der Waals surface area contributed by atoms with E-state index in [2.05, 4.69) is 10.6 Å². The lowest BCUT2D eigenvalue weighted by atomic mass is 9.83. The number of carboxylic acids is 1. The van der Waals surface area contributed by atoms with Crippen LogP contribution in [0.1, 0.15) is 119 Å². The van der Waals surface area contributed by atoms with Crippen LogP contribution >= 0.6 is 0 Å². The van der Waals surface area contributed by atoms with Crippen LogP contribution in [0.2, 0.25) is 0 Å². The summed E-state index contributed by atoms with van der Waals surface area (Å²) in [6.07, 6.45) is 4.95. The normalized spacial score (nSPS) is 16.6. The molecule has 4 atom stereocenters. The first-order valence-corrected chi connectivity index (χ1v) is 31.5. The molecule has 4 N–H and O–H groups in total. The van der Waals surface area contributed by atoms with Crippen molar-refractivity contribution in [1.82, 2.24) is 25.1 Å². The maximum Gasteiger partial charge on any atom is 0.343 e. The second kappa shape index (κ2) is 35.7. The van der Waals surface area contributed by atoms with Crippen LogP contribution in [0, 0.1) is 11.8 Å². The number of aryl methyl sites for hydroxylation is 2. The Kier molecular flexibility index (Phi) is 28.0. The van der Waals surface area contributed by atoms with Gasteiger partial charge >= 0.3 is 11.9 Å². The summed E-state index contributed by atoms with van der Waals surface area (Å²) in [6.45, 7) is 12.4. The molecule has 0 fully saturated rings. The molecule has 4 aliphatic rings. The molecule has 1 aromatic carbocycles. The second-order valence-corrected chi connectivity index (χ2v) is 23.1. The number of benzene rings is 1. The predicted molar refractivity (Wildman–Crippen MR) is 326 cm³/mol. The molecule has 0 saturated carbocycles. The van der Waals surface area contributed by atoms with Crippen molar-refractivity contribution in [3.05, 3.63) is 74.1 Å². The average molecular weight is 1270 g/mol. The van der Waals surface area contributed by atoms with Crippen LogP contribution in [0.5, 0.6) is 0 Å². The largest absolute Gasteiger partial charge is 0.480 e. The molecule has 91 heavy (non-hydrogen) atoms. The predicted octanol–water partition coefficient (Wildman–Crippen LogP) is 2.95. The van der Waals surface area contributed by atoms with Crippen molar-refractivity contribution in [3.63, 3.8) is 0 Å². The van der Waals surface area contributed by atoms with Gasteiger partial charge in [0.15, 0.2) is 11.4 Å². The first kappa shape index (κ1) is 71.4. The van der Waals surface area contributed by atoms with E-state index in [9.17, 15) is 58.2 Å². The quantitative estimate of drug-likeness (QED) is 0.0281. The number of pyridine rings is 2. The zero-order valence-corrected chi connectivity index (χ0v) is 52.6. The minimum atomic E-state index is -1.94. The summed E-state index contributed by atoms with van der Waals surface area (Å²) in [6, 6.07) is 3.17. The van der Waals surface area contributed by atoms with Crippen LogP contribution in [0.3, 0.4) is 0 Å². The summed E-state index contributed by atoms with van der Waals surface area (Å²) >= 11 is 0. The molecule has 5 heterocycles. The molecule has 1 unspecified atom stereocenters. The Bertz CT molecular complexity index is 3160. The molecule has 498 valence electrons. The SMILES string of the molecule is CC[C@@]1(O)C(=O)OCc2c1cc1n(c2=O)Cc2c-1nc1ccc(CC(=O)[C@H](C)NC(=O)C(CC(=O)CC[C@H](NC(=O)CCOCCOCCOCCOCCOCCOCCOCCOCCCC(=O)CCN3C(=O)C=CC3=O)C(=O)O)C(C)C)c3c1c2CCC3. The van der Waals surface area contributed by atoms with Gasteiger partial charge in [0, 0.05) is 86.3 Å². The maximum absolute atomic E-state index is 13.9. The molecule has 2 aromatic heterocycles. The third kappa shape index (κ3) is 20.0. The summed E-state index contributed by atoms with van der Waals surface area (Å²) in [5.74, 6) is -5.67. The summed E-state index contributed by atoms with van der Waals surface area (Å²) in [4.78, 5) is 133. The number of nitrogens with one attached hydrogen (secondary N) is 2. The number of cyclic esters (lactones) is 1. The number of amides is 4. The number of Topliss-reactive ketones (excluding diaryl/α,β-unsaturated/α-hetero) is 3. The van der Waals surface area contributed by atoms with Crippen molar-refractivity contribution in [2.24, 2.45) is 11.8 Å². The number of carbonyl (C=O) groups is 9. The van der Waals surface area contributed by atoms with E-state index in [0.29, 0.717) is 122 Å². The second-order valence-electron chi connectivity index (χ2n) is 23.1. The van der Waals surface area contributed by atoms with Gasteiger partial charge in [-0.2, -0.15) is 0 Å². The van der Waals surface area contributed by atoms with Crippen LogP contribution in [0.4, 0.5) is 0 Å². The van der Waals surface area contributed by atoms with Gasteiger partial charge in [-0.3, -0.25) is 43.3 Å². The third-order valence-corrected chi connectivity index (χ3v) is 16.5. The number of imide groups is 1. The van der Waals surface area contributed by atoms with Gasteiger partial charge in [0.25, 0.3) is 17.4 Å². The third-order valence-electron chi connectivity index (χ3n) is 16.5. The van der Waals surface area contributed by atoms with Crippen molar-refractivity contribution >= 4 is 63.8 Å². The van der Waals surface area contributed by atoms with Gasteiger partial charge in [0.05, 0.1) is 134 Å². The van der Waals surface area contributed by atoms with E-state index < -0.39 is 59.2 Å². The fraction of sp³-hybridized carbons (Fsp3) is 0.615. The zero-order valence-electron chi connectivity index (χ0n) is 52.6. The summed E-state index contributed by atoms with van der Waals surface area (Å²) in [7, 11) is 0. The summed E-state index contributed by atoms with van der Waals surface area (Å²) in [5.41, 5.74) is 3.74. The van der Waals surface area contributed by atoms with Gasteiger partial charge in [0.2, 0.25) is 11.8 Å². The molecular weight excluding hydrogens is 1190 g/mol. The highest BCUT2D eigenvalue weighted by molar-refractivity contribution is 6.13. The number of ketones is 3. The van der Waals surface area contributed by atoms with Gasteiger partial charge in [-0.05, 0) is 80.2 Å². The molecule has 4 amide bonds. The molecule has 0 saturated heterocycles. The lowest BCUT2D eigenvalue weighted by molar-refractivity contribution is -0.172. The maximum atomic E-state index is 13.9. The fourth-order valence-corrected chi connectivity index (χ4v) is 11.3. The topological polar surface area (TPSA) is 339 Å². The first-order chi connectivity index (χ1) is 43.8. The van der Waals surface area contributed by atoms with E-state index in [4.69, 9.17) is 47.6 Å². The molecule has 3 aromatic rings. The highest BCUT2D eigenvalue weighted by atomic mass is 16.6. The Morgan fingerprint density at radius 3 is 1.82 bits per heavy atom. The number of hydrogen-bond donors (Lipinski definition) is 4. The number of carbonyl (C=O) groups excluding carboxylic acids is 8. The van der Waals surface area contributed by atoms with E-state index >= 15 is 0 Å². The van der Waals surface area contributed by atoms with Crippen molar-refractivity contribution < 1.29 is 96.0 Å². The number of aliphatic carboxylic acids is 1. The van der Waals surface area contributed by atoms with Crippen LogP contribution in [0.15, 0.2) is 35.1 Å². The number of carboxylic acid groups (broad SMARTS) is 1. The van der Waals surface area contributed by atoms with Gasteiger partial charge < -0.3 is 68.0 Å². The molecular formula is C65H87N5O21. The number of aliphatic hydroxyl groups is 1. The van der Waals surface area contributed by atoms with Crippen LogP contribution in [-0.4, -0.2) is 202 Å². The van der Waals surface area contributed by atoms with Crippen LogP contribution < -0.4 is 16.2 Å². The Labute approximate surface area is 528 Å². The molecule has 3 aliphatic heterocycles. The highest BCUT2D eigenvalue weighted by Crippen LogP contribution is 2.43. The Morgan fingerprint density at radius 1 is 0.681 bits per heavy atom. The van der Waals surface area contributed by atoms with Crippen LogP contribution in [-0.2, 0) is 124 Å². The first-order valence-electron chi connectivity index (χ1n) is 31.5. The fourth-order valence-electron chi connectivity index (χ4n) is 11.3. The van der Waals surface area contributed by atoms with E-state index in [-0.39, 0.29) is 124 Å². The molecule has 26 nitrogen and oxygen atoms in total. The van der Waals surface area contributed by atoms with E-state index in [1.807, 2.05) is 12.1 Å². The number of ether oxygens (including phenoxy) is 9. The minimum Gasteiger partial charge on any atom is -0.480 e.